The van der Waals surface area contributed by atoms with Crippen LogP contribution >= 0.6 is 11.6 Å². The van der Waals surface area contributed by atoms with Crippen molar-refractivity contribution in [1.29, 1.82) is 0 Å². The van der Waals surface area contributed by atoms with E-state index in [1.54, 1.807) is 0 Å². The van der Waals surface area contributed by atoms with E-state index >= 15 is 0 Å². The van der Waals surface area contributed by atoms with E-state index in [9.17, 15) is 21.6 Å². The largest absolute Gasteiger partial charge is 0.224 e. The van der Waals surface area contributed by atoms with Crippen molar-refractivity contribution in [3.05, 3.63) is 65.0 Å². The summed E-state index contributed by atoms with van der Waals surface area (Å²) in [5.74, 6) is -3.31. The fourth-order valence-electron chi connectivity index (χ4n) is 1.86. The van der Waals surface area contributed by atoms with Crippen LogP contribution in [-0.4, -0.2) is 14.7 Å². The Balaban J connectivity index is 2.53. The molecule has 0 aliphatic heterocycles. The Labute approximate surface area is 125 Å². The molecule has 1 unspecified atom stereocenters. The number of alkyl halides is 1. The number of sulfone groups is 1. The number of hydrogen-bond acceptors (Lipinski definition) is 2. The molecule has 0 aromatic heterocycles. The number of rotatable bonds is 3. The molecule has 0 aliphatic rings. The molecule has 0 radical (unpaired) electrons. The minimum Gasteiger partial charge on any atom is -0.224 e. The standard InChI is InChI=1S/C14H10ClF3O2S/c1-21(19,20)10-4-2-3-8(5-10)14(15)13-11(17)6-9(16)7-12(13)18/h2-7,14H,1H3. The summed E-state index contributed by atoms with van der Waals surface area (Å²) in [6.07, 6.45) is 1.01. The third kappa shape index (κ3) is 3.39. The number of benzene rings is 2. The van der Waals surface area contributed by atoms with Gasteiger partial charge in [-0.3, -0.25) is 0 Å². The van der Waals surface area contributed by atoms with Crippen molar-refractivity contribution in [2.75, 3.05) is 6.26 Å². The Morgan fingerprint density at radius 2 is 1.62 bits per heavy atom. The highest BCUT2D eigenvalue weighted by molar-refractivity contribution is 7.90. The van der Waals surface area contributed by atoms with E-state index < -0.39 is 38.2 Å². The van der Waals surface area contributed by atoms with Crippen LogP contribution in [0.1, 0.15) is 16.5 Å². The van der Waals surface area contributed by atoms with Gasteiger partial charge in [-0.2, -0.15) is 0 Å². The van der Waals surface area contributed by atoms with Gasteiger partial charge in [0.05, 0.1) is 10.3 Å². The molecule has 0 bridgehead atoms. The van der Waals surface area contributed by atoms with Crippen LogP contribution in [0, 0.1) is 17.5 Å². The monoisotopic (exact) mass is 334 g/mol. The summed E-state index contributed by atoms with van der Waals surface area (Å²) >= 11 is 6.02. The van der Waals surface area contributed by atoms with Gasteiger partial charge in [0.1, 0.15) is 17.5 Å². The summed E-state index contributed by atoms with van der Waals surface area (Å²) in [6.45, 7) is 0. The van der Waals surface area contributed by atoms with E-state index in [0.717, 1.165) is 6.26 Å². The molecule has 112 valence electrons. The normalized spacial score (nSPS) is 13.2. The van der Waals surface area contributed by atoms with Crippen molar-refractivity contribution in [1.82, 2.24) is 0 Å². The fourth-order valence-corrected chi connectivity index (χ4v) is 2.89. The van der Waals surface area contributed by atoms with E-state index in [-0.39, 0.29) is 10.5 Å². The lowest BCUT2D eigenvalue weighted by Gasteiger charge is -2.13. The lowest BCUT2D eigenvalue weighted by atomic mass is 10.0. The van der Waals surface area contributed by atoms with Gasteiger partial charge in [0.15, 0.2) is 9.84 Å². The summed E-state index contributed by atoms with van der Waals surface area (Å²) < 4.78 is 63.3. The zero-order valence-electron chi connectivity index (χ0n) is 10.8. The Morgan fingerprint density at radius 3 is 2.14 bits per heavy atom. The van der Waals surface area contributed by atoms with Crippen LogP contribution in [0.15, 0.2) is 41.3 Å². The van der Waals surface area contributed by atoms with Crippen molar-refractivity contribution in [3.8, 4) is 0 Å². The summed E-state index contributed by atoms with van der Waals surface area (Å²) in [4.78, 5) is -0.0198. The average Bonchev–Trinajstić information content (AvgIpc) is 2.36. The van der Waals surface area contributed by atoms with E-state index in [4.69, 9.17) is 11.6 Å². The average molecular weight is 335 g/mol. The van der Waals surface area contributed by atoms with Gasteiger partial charge in [-0.1, -0.05) is 12.1 Å². The maximum absolute atomic E-state index is 13.7. The minimum absolute atomic E-state index is 0.0198. The van der Waals surface area contributed by atoms with Crippen LogP contribution in [0.5, 0.6) is 0 Å². The molecule has 21 heavy (non-hydrogen) atoms. The first-order valence-electron chi connectivity index (χ1n) is 5.78. The molecule has 0 spiro atoms. The second kappa shape index (κ2) is 5.69. The summed E-state index contributed by atoms with van der Waals surface area (Å²) in [6, 6.07) is 6.48. The quantitative estimate of drug-likeness (QED) is 0.799. The van der Waals surface area contributed by atoms with Crippen LogP contribution in [0.4, 0.5) is 13.2 Å². The molecule has 1 atom stereocenters. The van der Waals surface area contributed by atoms with Gasteiger partial charge in [-0.25, -0.2) is 21.6 Å². The van der Waals surface area contributed by atoms with Gasteiger partial charge in [0, 0.05) is 24.0 Å². The van der Waals surface area contributed by atoms with Crippen molar-refractivity contribution >= 4 is 21.4 Å². The Hall–Kier alpha value is -1.53. The second-order valence-corrected chi connectivity index (χ2v) is 6.94. The van der Waals surface area contributed by atoms with Crippen LogP contribution < -0.4 is 0 Å². The predicted molar refractivity (Wildman–Crippen MR) is 73.6 cm³/mol. The van der Waals surface area contributed by atoms with Crippen molar-refractivity contribution < 1.29 is 21.6 Å². The van der Waals surface area contributed by atoms with Gasteiger partial charge in [0.25, 0.3) is 0 Å². The van der Waals surface area contributed by atoms with E-state index in [2.05, 4.69) is 0 Å². The first kappa shape index (κ1) is 15.9. The second-order valence-electron chi connectivity index (χ2n) is 4.49. The maximum Gasteiger partial charge on any atom is 0.175 e. The maximum atomic E-state index is 13.7. The fraction of sp³-hybridized carbons (Fsp3) is 0.143. The molecule has 2 rings (SSSR count). The van der Waals surface area contributed by atoms with Gasteiger partial charge < -0.3 is 0 Å². The minimum atomic E-state index is -3.47. The Kier molecular flexibility index (Phi) is 4.30. The lowest BCUT2D eigenvalue weighted by molar-refractivity contribution is 0.526. The van der Waals surface area contributed by atoms with Crippen molar-refractivity contribution in [2.24, 2.45) is 0 Å². The number of halogens is 4. The first-order valence-corrected chi connectivity index (χ1v) is 8.11. The topological polar surface area (TPSA) is 34.1 Å². The van der Waals surface area contributed by atoms with Crippen LogP contribution in [0.2, 0.25) is 0 Å². The highest BCUT2D eigenvalue weighted by atomic mass is 35.5. The molecule has 0 amide bonds. The Morgan fingerprint density at radius 1 is 1.05 bits per heavy atom. The van der Waals surface area contributed by atoms with Gasteiger partial charge in [0.2, 0.25) is 0 Å². The van der Waals surface area contributed by atoms with Crippen LogP contribution in [0.25, 0.3) is 0 Å². The van der Waals surface area contributed by atoms with E-state index in [1.807, 2.05) is 0 Å². The predicted octanol–water partition coefficient (Wildman–Crippen LogP) is 3.84. The molecule has 0 fully saturated rings. The molecular weight excluding hydrogens is 325 g/mol. The van der Waals surface area contributed by atoms with Crippen molar-refractivity contribution in [2.45, 2.75) is 10.3 Å². The highest BCUT2D eigenvalue weighted by Crippen LogP contribution is 2.33. The van der Waals surface area contributed by atoms with Gasteiger partial charge in [-0.05, 0) is 17.7 Å². The molecule has 0 N–H and O–H groups in total. The van der Waals surface area contributed by atoms with E-state index in [0.29, 0.717) is 12.1 Å². The van der Waals surface area contributed by atoms with Crippen LogP contribution in [-0.2, 0) is 9.84 Å². The molecule has 2 aromatic carbocycles. The summed E-state index contributed by atoms with van der Waals surface area (Å²) in [5.41, 5.74) is -0.326. The third-order valence-electron chi connectivity index (χ3n) is 2.88. The van der Waals surface area contributed by atoms with Crippen molar-refractivity contribution in [3.63, 3.8) is 0 Å². The zero-order valence-corrected chi connectivity index (χ0v) is 12.4. The van der Waals surface area contributed by atoms with Crippen LogP contribution in [0.3, 0.4) is 0 Å². The SMILES string of the molecule is CS(=O)(=O)c1cccc(C(Cl)c2c(F)cc(F)cc2F)c1. The third-order valence-corrected chi connectivity index (χ3v) is 4.46. The lowest BCUT2D eigenvalue weighted by Crippen LogP contribution is -2.04. The molecule has 0 saturated carbocycles. The molecule has 7 heteroatoms. The number of hydrogen-bond donors (Lipinski definition) is 0. The molecule has 0 aliphatic carbocycles. The Bertz CT molecular complexity index is 768. The highest BCUT2D eigenvalue weighted by Gasteiger charge is 2.22. The first-order chi connectivity index (χ1) is 9.70. The summed E-state index contributed by atoms with van der Waals surface area (Å²) in [7, 11) is -3.47. The zero-order chi connectivity index (χ0) is 15.8. The van der Waals surface area contributed by atoms with Gasteiger partial charge in [-0.15, -0.1) is 11.6 Å². The molecule has 0 saturated heterocycles. The van der Waals surface area contributed by atoms with Gasteiger partial charge >= 0.3 is 0 Å². The molecule has 2 aromatic rings. The molecular formula is C14H10ClF3O2S. The van der Waals surface area contributed by atoms with E-state index in [1.165, 1.54) is 24.3 Å². The summed E-state index contributed by atoms with van der Waals surface area (Å²) in [5, 5.41) is -1.27. The molecule has 2 nitrogen and oxygen atoms in total. The molecule has 0 heterocycles. The smallest absolute Gasteiger partial charge is 0.175 e.